The number of aromatic hydroxyl groups is 1. The van der Waals surface area contributed by atoms with E-state index in [2.05, 4.69) is 13.1 Å². The molecule has 0 fully saturated rings. The third-order valence-corrected chi connectivity index (χ3v) is 4.48. The monoisotopic (exact) mass is 346 g/mol. The van der Waals surface area contributed by atoms with Gasteiger partial charge in [0.05, 0.1) is 12.6 Å². The van der Waals surface area contributed by atoms with Crippen molar-refractivity contribution in [3.8, 4) is 5.75 Å². The molecule has 0 aliphatic carbocycles. The Morgan fingerprint density at radius 1 is 0.913 bits per heavy atom. The van der Waals surface area contributed by atoms with Crippen LogP contribution in [0.25, 0.3) is 10.8 Å². The van der Waals surface area contributed by atoms with Crippen molar-refractivity contribution < 1.29 is 10.0 Å². The molecule has 4 heteroatoms. The summed E-state index contributed by atoms with van der Waals surface area (Å²) in [4.78, 5) is 1.24. The third kappa shape index (κ3) is 3.61. The fraction of sp³-hybridized carbons (Fsp3) is 0.158. The van der Waals surface area contributed by atoms with Gasteiger partial charge in [0, 0.05) is 26.4 Å². The van der Waals surface area contributed by atoms with E-state index < -0.39 is 0 Å². The SMILES string of the molecule is C[NH+](Cc1cccc(Cl)c1)Cc1cc(Cl)c2ccccc2c1O. The minimum absolute atomic E-state index is 0.315. The number of phenols is 1. The number of phenolic OH excluding ortho intramolecular Hbond substituents is 1. The number of rotatable bonds is 4. The molecule has 0 radical (unpaired) electrons. The first-order valence-electron chi connectivity index (χ1n) is 7.49. The van der Waals surface area contributed by atoms with Crippen LogP contribution in [0.15, 0.2) is 54.6 Å². The molecule has 0 aliphatic rings. The molecule has 3 rings (SSSR count). The van der Waals surface area contributed by atoms with Crippen molar-refractivity contribution in [1.29, 1.82) is 0 Å². The lowest BCUT2D eigenvalue weighted by molar-refractivity contribution is -0.907. The molecule has 0 aromatic heterocycles. The average Bonchev–Trinajstić information content (AvgIpc) is 2.52. The van der Waals surface area contributed by atoms with Crippen LogP contribution in [0.5, 0.6) is 5.75 Å². The van der Waals surface area contributed by atoms with E-state index >= 15 is 0 Å². The van der Waals surface area contributed by atoms with Gasteiger partial charge in [-0.1, -0.05) is 59.6 Å². The molecule has 0 bridgehead atoms. The Bertz CT molecular complexity index is 848. The van der Waals surface area contributed by atoms with Gasteiger partial charge in [0.2, 0.25) is 0 Å². The summed E-state index contributed by atoms with van der Waals surface area (Å²) < 4.78 is 0. The van der Waals surface area contributed by atoms with Crippen molar-refractivity contribution in [3.63, 3.8) is 0 Å². The van der Waals surface area contributed by atoms with Crippen LogP contribution in [0.2, 0.25) is 10.0 Å². The fourth-order valence-corrected chi connectivity index (χ4v) is 3.40. The molecular weight excluding hydrogens is 329 g/mol. The molecule has 0 amide bonds. The summed E-state index contributed by atoms with van der Waals surface area (Å²) >= 11 is 12.4. The zero-order valence-electron chi connectivity index (χ0n) is 12.8. The molecular formula is C19H18Cl2NO+. The van der Waals surface area contributed by atoms with Crippen LogP contribution in [0.3, 0.4) is 0 Å². The van der Waals surface area contributed by atoms with Crippen molar-refractivity contribution in [3.05, 3.63) is 75.8 Å². The Morgan fingerprint density at radius 3 is 2.39 bits per heavy atom. The maximum atomic E-state index is 10.5. The lowest BCUT2D eigenvalue weighted by Gasteiger charge is -2.16. The van der Waals surface area contributed by atoms with Crippen molar-refractivity contribution in [1.82, 2.24) is 0 Å². The quantitative estimate of drug-likeness (QED) is 0.731. The van der Waals surface area contributed by atoms with Gasteiger partial charge in [0.25, 0.3) is 0 Å². The predicted molar refractivity (Wildman–Crippen MR) is 96.4 cm³/mol. The topological polar surface area (TPSA) is 24.7 Å². The molecule has 0 spiro atoms. The maximum absolute atomic E-state index is 10.5. The highest BCUT2D eigenvalue weighted by molar-refractivity contribution is 6.35. The number of hydrogen-bond acceptors (Lipinski definition) is 1. The van der Waals surface area contributed by atoms with Gasteiger partial charge in [-0.15, -0.1) is 0 Å². The second-order valence-corrected chi connectivity index (χ2v) is 6.70. The Morgan fingerprint density at radius 2 is 1.65 bits per heavy atom. The second-order valence-electron chi connectivity index (χ2n) is 5.85. The Balaban J connectivity index is 1.85. The summed E-state index contributed by atoms with van der Waals surface area (Å²) in [5, 5.41) is 13.6. The molecule has 1 unspecified atom stereocenters. The van der Waals surface area contributed by atoms with Crippen LogP contribution in [0.1, 0.15) is 11.1 Å². The fourth-order valence-electron chi connectivity index (χ4n) is 2.89. The summed E-state index contributed by atoms with van der Waals surface area (Å²) in [7, 11) is 2.09. The van der Waals surface area contributed by atoms with Crippen molar-refractivity contribution in [2.45, 2.75) is 13.1 Å². The van der Waals surface area contributed by atoms with Crippen LogP contribution in [-0.4, -0.2) is 12.2 Å². The summed E-state index contributed by atoms with van der Waals surface area (Å²) in [6.07, 6.45) is 0. The van der Waals surface area contributed by atoms with Gasteiger partial charge >= 0.3 is 0 Å². The van der Waals surface area contributed by atoms with E-state index in [1.54, 1.807) is 0 Å². The van der Waals surface area contributed by atoms with Crippen molar-refractivity contribution in [2.24, 2.45) is 0 Å². The van der Waals surface area contributed by atoms with Gasteiger partial charge in [-0.3, -0.25) is 0 Å². The summed E-state index contributed by atoms with van der Waals surface area (Å²) in [6, 6.07) is 17.4. The van der Waals surface area contributed by atoms with Gasteiger partial charge in [0.15, 0.2) is 0 Å². The summed E-state index contributed by atoms with van der Waals surface area (Å²) in [6.45, 7) is 1.51. The van der Waals surface area contributed by atoms with Crippen LogP contribution in [0, 0.1) is 0 Å². The maximum Gasteiger partial charge on any atom is 0.132 e. The molecule has 23 heavy (non-hydrogen) atoms. The molecule has 2 N–H and O–H groups in total. The molecule has 0 saturated carbocycles. The number of benzene rings is 3. The smallest absolute Gasteiger partial charge is 0.132 e. The highest BCUT2D eigenvalue weighted by Gasteiger charge is 2.14. The van der Waals surface area contributed by atoms with E-state index in [0.29, 0.717) is 17.3 Å². The Hall–Kier alpha value is -1.74. The Kier molecular flexibility index (Phi) is 4.76. The molecule has 0 saturated heterocycles. The van der Waals surface area contributed by atoms with Gasteiger partial charge in [0.1, 0.15) is 18.8 Å². The molecule has 0 aliphatic heterocycles. The second kappa shape index (κ2) is 6.79. The van der Waals surface area contributed by atoms with E-state index in [1.165, 1.54) is 10.5 Å². The van der Waals surface area contributed by atoms with Gasteiger partial charge in [-0.05, 0) is 18.2 Å². The van der Waals surface area contributed by atoms with E-state index in [0.717, 1.165) is 27.9 Å². The molecule has 0 heterocycles. The van der Waals surface area contributed by atoms with Crippen LogP contribution in [0.4, 0.5) is 0 Å². The first kappa shape index (κ1) is 16.1. The average molecular weight is 347 g/mol. The summed E-state index contributed by atoms with van der Waals surface area (Å²) in [5.41, 5.74) is 2.02. The van der Waals surface area contributed by atoms with E-state index in [1.807, 2.05) is 48.5 Å². The number of fused-ring (bicyclic) bond motifs is 1. The third-order valence-electron chi connectivity index (χ3n) is 3.93. The lowest BCUT2D eigenvalue weighted by Crippen LogP contribution is -3.06. The lowest BCUT2D eigenvalue weighted by atomic mass is 10.0. The van der Waals surface area contributed by atoms with E-state index in [9.17, 15) is 5.11 Å². The van der Waals surface area contributed by atoms with Crippen LogP contribution in [-0.2, 0) is 13.1 Å². The number of quaternary nitrogens is 1. The number of nitrogens with one attached hydrogen (secondary N) is 1. The standard InChI is InChI=1S/C19H17Cl2NO/c1-22(11-13-5-4-6-15(20)9-13)12-14-10-18(21)16-7-2-3-8-17(16)19(14)23/h2-10,23H,11-12H2,1H3/p+1. The predicted octanol–water partition coefficient (Wildman–Crippen LogP) is 4.07. The minimum Gasteiger partial charge on any atom is -0.507 e. The van der Waals surface area contributed by atoms with E-state index in [4.69, 9.17) is 23.2 Å². The summed E-state index contributed by atoms with van der Waals surface area (Å²) in [5.74, 6) is 0.315. The highest BCUT2D eigenvalue weighted by Crippen LogP contribution is 2.33. The zero-order valence-corrected chi connectivity index (χ0v) is 14.3. The molecule has 3 aromatic carbocycles. The van der Waals surface area contributed by atoms with Crippen molar-refractivity contribution in [2.75, 3.05) is 7.05 Å². The minimum atomic E-state index is 0.315. The van der Waals surface area contributed by atoms with E-state index in [-0.39, 0.29) is 0 Å². The van der Waals surface area contributed by atoms with Crippen LogP contribution < -0.4 is 4.90 Å². The van der Waals surface area contributed by atoms with Gasteiger partial charge in [-0.25, -0.2) is 0 Å². The molecule has 1 atom stereocenters. The Labute approximate surface area is 145 Å². The first-order valence-corrected chi connectivity index (χ1v) is 8.25. The first-order chi connectivity index (χ1) is 11.0. The van der Waals surface area contributed by atoms with Crippen molar-refractivity contribution >= 4 is 34.0 Å². The normalized spacial score (nSPS) is 12.5. The largest absolute Gasteiger partial charge is 0.507 e. The number of hydrogen-bond donors (Lipinski definition) is 2. The highest BCUT2D eigenvalue weighted by atomic mass is 35.5. The van der Waals surface area contributed by atoms with Crippen LogP contribution >= 0.6 is 23.2 Å². The molecule has 3 aromatic rings. The number of halogens is 2. The van der Waals surface area contributed by atoms with Gasteiger partial charge in [-0.2, -0.15) is 0 Å². The molecule has 118 valence electrons. The zero-order chi connectivity index (χ0) is 16.4. The van der Waals surface area contributed by atoms with Gasteiger partial charge < -0.3 is 10.0 Å². The molecule has 2 nitrogen and oxygen atoms in total.